The average Bonchev–Trinajstić information content (AvgIpc) is 2.45. The van der Waals surface area contributed by atoms with Gasteiger partial charge in [-0.25, -0.2) is 0 Å². The van der Waals surface area contributed by atoms with Gasteiger partial charge in [-0.2, -0.15) is 0 Å². The molecule has 4 heteroatoms. The van der Waals surface area contributed by atoms with Gasteiger partial charge in [0.15, 0.2) is 0 Å². The Morgan fingerprint density at radius 1 is 0.750 bits per heavy atom. The first-order valence-electron chi connectivity index (χ1n) is 7.93. The van der Waals surface area contributed by atoms with Crippen LogP contribution in [0.2, 0.25) is 0 Å². The Hall–Kier alpha value is -0.530. The van der Waals surface area contributed by atoms with Crippen molar-refractivity contribution in [2.45, 2.75) is 78.1 Å². The molecule has 0 saturated carbocycles. The number of hydrogen-bond donors (Lipinski definition) is 1. The minimum absolute atomic E-state index is 0.996. The van der Waals surface area contributed by atoms with Crippen LogP contribution in [0.3, 0.4) is 0 Å². The summed E-state index contributed by atoms with van der Waals surface area (Å²) in [7, 11) is -1.81. The topological polar surface area (TPSA) is 38.7 Å². The molecule has 0 fully saturated rings. The predicted molar refractivity (Wildman–Crippen MR) is 87.1 cm³/mol. The van der Waals surface area contributed by atoms with Crippen LogP contribution < -0.4 is 0 Å². The zero-order chi connectivity index (χ0) is 14.9. The van der Waals surface area contributed by atoms with E-state index in [2.05, 4.69) is 13.8 Å². The molecule has 0 aliphatic rings. The van der Waals surface area contributed by atoms with Gasteiger partial charge >= 0.3 is 8.60 Å². The van der Waals surface area contributed by atoms with Crippen molar-refractivity contribution in [3.8, 4) is 0 Å². The molecule has 0 aliphatic heterocycles. The maximum atomic E-state index is 9.45. The maximum Gasteiger partial charge on any atom is 0.458 e. The minimum Gasteiger partial charge on any atom is -0.426 e. The summed E-state index contributed by atoms with van der Waals surface area (Å²) >= 11 is 0. The van der Waals surface area contributed by atoms with Crippen molar-refractivity contribution in [2.24, 2.45) is 0 Å². The van der Waals surface area contributed by atoms with E-state index in [1.165, 1.54) is 51.4 Å². The SMILES string of the molecule is CCCCCC/C=C/OP(O)O/C=C/CCCCCC. The molecule has 0 aromatic carbocycles. The summed E-state index contributed by atoms with van der Waals surface area (Å²) in [5, 5.41) is 0. The van der Waals surface area contributed by atoms with Gasteiger partial charge in [-0.15, -0.1) is 0 Å². The lowest BCUT2D eigenvalue weighted by Crippen LogP contribution is -1.79. The van der Waals surface area contributed by atoms with Crippen LogP contribution in [-0.2, 0) is 9.05 Å². The van der Waals surface area contributed by atoms with Crippen molar-refractivity contribution < 1.29 is 13.9 Å². The molecule has 0 saturated heterocycles. The van der Waals surface area contributed by atoms with Crippen LogP contribution in [0, 0.1) is 0 Å². The van der Waals surface area contributed by atoms with E-state index in [9.17, 15) is 4.89 Å². The van der Waals surface area contributed by atoms with E-state index in [-0.39, 0.29) is 0 Å². The standard InChI is InChI=1S/C16H31O3P/c1-3-5-7-9-11-13-15-18-20(17)19-16-14-12-10-8-6-4-2/h13-17H,3-12H2,1-2H3/b15-13+,16-14+. The van der Waals surface area contributed by atoms with Crippen molar-refractivity contribution in [3.05, 3.63) is 24.7 Å². The van der Waals surface area contributed by atoms with Gasteiger partial charge in [0, 0.05) is 0 Å². The Bertz CT molecular complexity index is 218. The fourth-order valence-corrected chi connectivity index (χ4v) is 2.16. The van der Waals surface area contributed by atoms with Gasteiger partial charge in [0.2, 0.25) is 0 Å². The van der Waals surface area contributed by atoms with Gasteiger partial charge in [0.25, 0.3) is 0 Å². The molecule has 0 radical (unpaired) electrons. The van der Waals surface area contributed by atoms with Crippen LogP contribution in [0.1, 0.15) is 78.1 Å². The van der Waals surface area contributed by atoms with Crippen molar-refractivity contribution in [1.82, 2.24) is 0 Å². The molecule has 0 aromatic heterocycles. The molecule has 0 spiro atoms. The van der Waals surface area contributed by atoms with E-state index in [1.54, 1.807) is 12.5 Å². The summed E-state index contributed by atoms with van der Waals surface area (Å²) in [5.41, 5.74) is 0. The van der Waals surface area contributed by atoms with Crippen LogP contribution >= 0.6 is 8.60 Å². The summed E-state index contributed by atoms with van der Waals surface area (Å²) in [6.45, 7) is 4.40. The third-order valence-electron chi connectivity index (χ3n) is 2.94. The van der Waals surface area contributed by atoms with Crippen LogP contribution in [0.5, 0.6) is 0 Å². The van der Waals surface area contributed by atoms with Crippen molar-refractivity contribution in [1.29, 1.82) is 0 Å². The predicted octanol–water partition coefficient (Wildman–Crippen LogP) is 6.21. The fraction of sp³-hybridized carbons (Fsp3) is 0.750. The summed E-state index contributed by atoms with van der Waals surface area (Å²) in [4.78, 5) is 9.45. The quantitative estimate of drug-likeness (QED) is 0.235. The Morgan fingerprint density at radius 2 is 1.20 bits per heavy atom. The largest absolute Gasteiger partial charge is 0.458 e. The first-order chi connectivity index (χ1) is 9.81. The van der Waals surface area contributed by atoms with Crippen LogP contribution in [0.25, 0.3) is 0 Å². The van der Waals surface area contributed by atoms with Crippen LogP contribution in [-0.4, -0.2) is 4.89 Å². The second-order valence-electron chi connectivity index (χ2n) is 4.89. The summed E-state index contributed by atoms with van der Waals surface area (Å²) in [5.74, 6) is 0. The van der Waals surface area contributed by atoms with Gasteiger partial charge in [-0.1, -0.05) is 52.4 Å². The fourth-order valence-electron chi connectivity index (χ4n) is 1.73. The Morgan fingerprint density at radius 3 is 1.60 bits per heavy atom. The molecule has 0 heterocycles. The average molecular weight is 302 g/mol. The molecule has 0 rings (SSSR count). The Labute approximate surface area is 126 Å². The van der Waals surface area contributed by atoms with Gasteiger partial charge in [-0.3, -0.25) is 0 Å². The number of rotatable bonds is 14. The van der Waals surface area contributed by atoms with Crippen molar-refractivity contribution in [3.63, 3.8) is 0 Å². The summed E-state index contributed by atoms with van der Waals surface area (Å²) in [6.07, 6.45) is 18.9. The molecule has 0 aliphatic carbocycles. The van der Waals surface area contributed by atoms with Gasteiger partial charge in [-0.05, 0) is 37.8 Å². The lowest BCUT2D eigenvalue weighted by atomic mass is 10.2. The molecular weight excluding hydrogens is 271 g/mol. The minimum atomic E-state index is -1.81. The summed E-state index contributed by atoms with van der Waals surface area (Å²) in [6, 6.07) is 0. The molecule has 1 N–H and O–H groups in total. The van der Waals surface area contributed by atoms with E-state index in [4.69, 9.17) is 9.05 Å². The third-order valence-corrected chi connectivity index (χ3v) is 3.55. The second kappa shape index (κ2) is 16.5. The van der Waals surface area contributed by atoms with Crippen LogP contribution in [0.4, 0.5) is 0 Å². The lowest BCUT2D eigenvalue weighted by Gasteiger charge is -2.05. The molecule has 0 atom stereocenters. The van der Waals surface area contributed by atoms with Gasteiger partial charge < -0.3 is 13.9 Å². The van der Waals surface area contributed by atoms with E-state index in [1.807, 2.05) is 12.2 Å². The Balaban J connectivity index is 3.37. The highest BCUT2D eigenvalue weighted by molar-refractivity contribution is 7.40. The molecule has 0 bridgehead atoms. The normalized spacial score (nSPS) is 11.8. The number of hydrogen-bond acceptors (Lipinski definition) is 3. The second-order valence-corrected chi connectivity index (χ2v) is 5.79. The molecule has 3 nitrogen and oxygen atoms in total. The van der Waals surface area contributed by atoms with Crippen molar-refractivity contribution in [2.75, 3.05) is 0 Å². The maximum absolute atomic E-state index is 9.45. The molecule has 118 valence electrons. The molecular formula is C16H31O3P. The first kappa shape index (κ1) is 19.5. The molecule has 20 heavy (non-hydrogen) atoms. The monoisotopic (exact) mass is 302 g/mol. The van der Waals surface area contributed by atoms with E-state index in [0.717, 1.165) is 12.8 Å². The van der Waals surface area contributed by atoms with Crippen molar-refractivity contribution >= 4 is 8.60 Å². The highest BCUT2D eigenvalue weighted by Crippen LogP contribution is 2.33. The summed E-state index contributed by atoms with van der Waals surface area (Å²) < 4.78 is 10.1. The van der Waals surface area contributed by atoms with E-state index >= 15 is 0 Å². The molecule has 0 amide bonds. The van der Waals surface area contributed by atoms with Crippen LogP contribution in [0.15, 0.2) is 24.7 Å². The zero-order valence-electron chi connectivity index (χ0n) is 13.1. The third kappa shape index (κ3) is 15.5. The Kier molecular flexibility index (Phi) is 16.1. The molecule has 0 unspecified atom stereocenters. The highest BCUT2D eigenvalue weighted by atomic mass is 31.2. The zero-order valence-corrected chi connectivity index (χ0v) is 14.0. The lowest BCUT2D eigenvalue weighted by molar-refractivity contribution is 0.320. The highest BCUT2D eigenvalue weighted by Gasteiger charge is 2.02. The van der Waals surface area contributed by atoms with Gasteiger partial charge in [0.05, 0.1) is 12.5 Å². The number of unbranched alkanes of at least 4 members (excludes halogenated alkanes) is 8. The molecule has 0 aromatic rings. The smallest absolute Gasteiger partial charge is 0.426 e. The van der Waals surface area contributed by atoms with E-state index in [0.29, 0.717) is 0 Å². The number of allylic oxidation sites excluding steroid dienone is 2. The first-order valence-corrected chi connectivity index (χ1v) is 9.06. The van der Waals surface area contributed by atoms with E-state index < -0.39 is 8.60 Å². The van der Waals surface area contributed by atoms with Gasteiger partial charge in [0.1, 0.15) is 0 Å².